The second-order valence-corrected chi connectivity index (χ2v) is 7.53. The van der Waals surface area contributed by atoms with Crippen LogP contribution in [0.1, 0.15) is 16.8 Å². The van der Waals surface area contributed by atoms with Crippen molar-refractivity contribution in [3.63, 3.8) is 0 Å². The smallest absolute Gasteiger partial charge is 0.416 e. The van der Waals surface area contributed by atoms with Gasteiger partial charge in [0.1, 0.15) is 5.65 Å². The summed E-state index contributed by atoms with van der Waals surface area (Å²) in [5.74, 6) is 0.104. The molecule has 0 aliphatic heterocycles. The van der Waals surface area contributed by atoms with Crippen molar-refractivity contribution in [3.05, 3.63) is 59.5 Å². The minimum absolute atomic E-state index is 0.0828. The molecule has 10 heteroatoms. The number of aliphatic hydroxyl groups is 1. The molecule has 1 unspecified atom stereocenters. The lowest BCUT2D eigenvalue weighted by molar-refractivity contribution is -0.138. The van der Waals surface area contributed by atoms with Crippen molar-refractivity contribution in [1.82, 2.24) is 19.4 Å². The van der Waals surface area contributed by atoms with Gasteiger partial charge in [0.05, 0.1) is 28.5 Å². The number of aliphatic hydroxyl groups excluding tert-OH is 1. The van der Waals surface area contributed by atoms with Gasteiger partial charge in [-0.1, -0.05) is 6.07 Å². The van der Waals surface area contributed by atoms with Crippen LogP contribution in [-0.2, 0) is 29.5 Å². The van der Waals surface area contributed by atoms with Crippen LogP contribution in [0.5, 0.6) is 0 Å². The van der Waals surface area contributed by atoms with Gasteiger partial charge in [0.15, 0.2) is 5.75 Å². The minimum Gasteiger partial charge on any atom is -0.609 e. The summed E-state index contributed by atoms with van der Waals surface area (Å²) in [6, 6.07) is 7.65. The molecule has 3 aromatic heterocycles. The van der Waals surface area contributed by atoms with E-state index in [4.69, 9.17) is 0 Å². The third kappa shape index (κ3) is 3.34. The largest absolute Gasteiger partial charge is 0.609 e. The monoisotopic (exact) mass is 408 g/mol. The van der Waals surface area contributed by atoms with E-state index in [0.717, 1.165) is 6.07 Å². The number of aromatic nitrogens is 4. The van der Waals surface area contributed by atoms with Gasteiger partial charge in [-0.2, -0.15) is 18.2 Å². The number of pyridine rings is 1. The van der Waals surface area contributed by atoms with Crippen LogP contribution in [0, 0.1) is 0 Å². The molecule has 0 aliphatic carbocycles. The maximum Gasteiger partial charge on any atom is 0.416 e. The number of nitrogens with zero attached hydrogens (tertiary/aromatic N) is 3. The molecule has 0 fully saturated rings. The van der Waals surface area contributed by atoms with E-state index in [0.29, 0.717) is 11.3 Å². The number of hydrogen-bond donors (Lipinski definition) is 2. The quantitative estimate of drug-likeness (QED) is 0.497. The molecule has 28 heavy (non-hydrogen) atoms. The van der Waals surface area contributed by atoms with E-state index < -0.39 is 29.5 Å². The maximum absolute atomic E-state index is 13.3. The molecule has 1 atom stereocenters. The zero-order chi connectivity index (χ0) is 19.9. The zero-order valence-corrected chi connectivity index (χ0v) is 15.2. The highest BCUT2D eigenvalue weighted by atomic mass is 32.2. The van der Waals surface area contributed by atoms with Crippen LogP contribution in [0.3, 0.4) is 0 Å². The van der Waals surface area contributed by atoms with Crippen molar-refractivity contribution >= 4 is 27.9 Å². The lowest BCUT2D eigenvalue weighted by atomic mass is 10.0. The normalized spacial score (nSPS) is 13.5. The van der Waals surface area contributed by atoms with Crippen molar-refractivity contribution in [2.75, 3.05) is 6.61 Å². The van der Waals surface area contributed by atoms with Gasteiger partial charge in [-0.05, 0) is 36.2 Å². The highest BCUT2D eigenvalue weighted by molar-refractivity contribution is 7.90. The second kappa shape index (κ2) is 7.12. The van der Waals surface area contributed by atoms with Crippen LogP contribution in [0.15, 0.2) is 47.9 Å². The van der Waals surface area contributed by atoms with E-state index in [9.17, 15) is 22.8 Å². The predicted molar refractivity (Wildman–Crippen MR) is 97.2 cm³/mol. The van der Waals surface area contributed by atoms with Gasteiger partial charge in [-0.25, -0.2) is 4.98 Å². The van der Waals surface area contributed by atoms with Gasteiger partial charge < -0.3 is 9.66 Å². The van der Waals surface area contributed by atoms with E-state index in [2.05, 4.69) is 15.0 Å². The number of nitrogens with one attached hydrogen (secondary N) is 1. The lowest BCUT2D eigenvalue weighted by Gasteiger charge is -2.12. The Morgan fingerprint density at radius 1 is 1.21 bits per heavy atom. The molecule has 0 aliphatic rings. The molecule has 0 bridgehead atoms. The van der Waals surface area contributed by atoms with Gasteiger partial charge in [0, 0.05) is 24.0 Å². The summed E-state index contributed by atoms with van der Waals surface area (Å²) < 4.78 is 54.4. The fourth-order valence-corrected chi connectivity index (χ4v) is 4.19. The minimum atomic E-state index is -4.56. The van der Waals surface area contributed by atoms with Gasteiger partial charge in [0.25, 0.3) is 0 Å². The molecular weight excluding hydrogens is 393 g/mol. The van der Waals surface area contributed by atoms with Crippen molar-refractivity contribution in [1.29, 1.82) is 0 Å². The second-order valence-electron chi connectivity index (χ2n) is 6.17. The third-order valence-electron chi connectivity index (χ3n) is 4.40. The van der Waals surface area contributed by atoms with Crippen LogP contribution in [0.4, 0.5) is 13.2 Å². The fraction of sp³-hybridized carbons (Fsp3) is 0.222. The molecule has 1 aromatic carbocycles. The number of hydrogen-bond acceptors (Lipinski definition) is 4. The molecule has 4 rings (SSSR count). The molecule has 146 valence electrons. The van der Waals surface area contributed by atoms with Crippen molar-refractivity contribution < 1.29 is 22.8 Å². The van der Waals surface area contributed by atoms with Crippen LogP contribution in [0.25, 0.3) is 16.7 Å². The number of benzene rings is 1. The summed E-state index contributed by atoms with van der Waals surface area (Å²) in [6.07, 6.45) is -1.34. The van der Waals surface area contributed by atoms with Gasteiger partial charge >= 0.3 is 11.3 Å². The first-order valence-electron chi connectivity index (χ1n) is 8.37. The van der Waals surface area contributed by atoms with E-state index in [1.165, 1.54) is 6.07 Å². The van der Waals surface area contributed by atoms with E-state index >= 15 is 0 Å². The van der Waals surface area contributed by atoms with Crippen molar-refractivity contribution in [3.8, 4) is 0 Å². The average Bonchev–Trinajstić information content (AvgIpc) is 3.26. The summed E-state index contributed by atoms with van der Waals surface area (Å²) in [5, 5.41) is 9.27. The predicted octanol–water partition coefficient (Wildman–Crippen LogP) is 3.07. The molecule has 0 radical (unpaired) electrons. The Hall–Kier alpha value is -2.56. The Morgan fingerprint density at radius 2 is 2.04 bits per heavy atom. The van der Waals surface area contributed by atoms with Gasteiger partial charge in [0.2, 0.25) is 0 Å². The number of aromatic amines is 1. The highest BCUT2D eigenvalue weighted by Crippen LogP contribution is 2.35. The molecular formula is C18H15F3N4O2S. The molecule has 0 saturated carbocycles. The molecule has 6 nitrogen and oxygen atoms in total. The summed E-state index contributed by atoms with van der Waals surface area (Å²) in [4.78, 5) is 11.2. The topological polar surface area (TPSA) is 89.3 Å². The van der Waals surface area contributed by atoms with Gasteiger partial charge in [-0.15, -0.1) is 0 Å². The van der Waals surface area contributed by atoms with E-state index in [1.54, 1.807) is 16.8 Å². The van der Waals surface area contributed by atoms with Crippen LogP contribution < -0.4 is 0 Å². The summed E-state index contributed by atoms with van der Waals surface area (Å²) in [7, 11) is 0. The molecule has 0 spiro atoms. The average molecular weight is 408 g/mol. The molecule has 2 N–H and O–H groups in total. The lowest BCUT2D eigenvalue weighted by Crippen LogP contribution is -2.11. The standard InChI is InChI=1S/C18H15F3N4O2S/c19-18(20,21)13-4-5-14-16(12(13)6-8-26)24-17(23-14)28(27)10-11-9-22-15-3-1-2-7-25(11)15/h1-5,7,9,26H,6,8,10H2,(H,23,24). The number of alkyl halides is 3. The summed E-state index contributed by atoms with van der Waals surface area (Å²) >= 11 is -1.61. The first-order valence-corrected chi connectivity index (χ1v) is 9.69. The van der Waals surface area contributed by atoms with Gasteiger partial charge in [-0.3, -0.25) is 9.38 Å². The molecule has 4 aromatic rings. The summed E-state index contributed by atoms with van der Waals surface area (Å²) in [5.41, 5.74) is 0.901. The highest BCUT2D eigenvalue weighted by Gasteiger charge is 2.34. The number of rotatable bonds is 5. The van der Waals surface area contributed by atoms with Crippen LogP contribution in [-0.4, -0.2) is 35.6 Å². The number of fused-ring (bicyclic) bond motifs is 2. The van der Waals surface area contributed by atoms with Crippen molar-refractivity contribution in [2.24, 2.45) is 0 Å². The Labute approximate surface area is 160 Å². The Balaban J connectivity index is 1.71. The summed E-state index contributed by atoms with van der Waals surface area (Å²) in [6.45, 7) is -0.443. The van der Waals surface area contributed by atoms with E-state index in [-0.39, 0.29) is 33.9 Å². The molecule has 3 heterocycles. The van der Waals surface area contributed by atoms with E-state index in [1.807, 2.05) is 18.2 Å². The molecule has 0 saturated heterocycles. The van der Waals surface area contributed by atoms with Crippen molar-refractivity contribution in [2.45, 2.75) is 23.5 Å². The Kier molecular flexibility index (Phi) is 4.77. The van der Waals surface area contributed by atoms with Crippen LogP contribution in [0.2, 0.25) is 0 Å². The zero-order valence-electron chi connectivity index (χ0n) is 14.4. The number of H-pyrrole nitrogens is 1. The first kappa shape index (κ1) is 18.8. The molecule has 0 amide bonds. The number of imidazole rings is 2. The fourth-order valence-electron chi connectivity index (χ4n) is 3.15. The maximum atomic E-state index is 13.3. The SMILES string of the molecule is [O-][S+](Cc1cnc2ccccn12)c1nc2ccc(C(F)(F)F)c(CCO)c2[nH]1. The Bertz CT molecular complexity index is 1140. The third-order valence-corrected chi connectivity index (χ3v) is 5.58. The first-order chi connectivity index (χ1) is 13.4. The number of halogens is 3. The van der Waals surface area contributed by atoms with Crippen LogP contribution >= 0.6 is 0 Å². The Morgan fingerprint density at radius 3 is 2.79 bits per heavy atom.